The quantitative estimate of drug-likeness (QED) is 0.206. The van der Waals surface area contributed by atoms with Crippen LogP contribution in [-0.2, 0) is 0 Å². The van der Waals surface area contributed by atoms with E-state index in [9.17, 15) is 0 Å². The van der Waals surface area contributed by atoms with E-state index in [1.807, 2.05) is 0 Å². The lowest BCUT2D eigenvalue weighted by atomic mass is 9.95. The fourth-order valence-corrected chi connectivity index (χ4v) is 7.48. The van der Waals surface area contributed by atoms with Crippen LogP contribution in [0.5, 0.6) is 0 Å². The first-order valence-electron chi connectivity index (χ1n) is 14.7. The third-order valence-electron chi connectivity index (χ3n) is 9.22. The molecule has 0 saturated carbocycles. The number of para-hydroxylation sites is 6. The van der Waals surface area contributed by atoms with Crippen molar-refractivity contribution in [3.63, 3.8) is 0 Å². The molecule has 0 radical (unpaired) electrons. The van der Waals surface area contributed by atoms with Crippen LogP contribution < -0.4 is 9.80 Å². The van der Waals surface area contributed by atoms with Gasteiger partial charge in [0.2, 0.25) is 0 Å². The second kappa shape index (κ2) is 8.61. The van der Waals surface area contributed by atoms with Gasteiger partial charge in [-0.2, -0.15) is 0 Å². The number of benzene rings is 6. The molecule has 0 saturated heterocycles. The summed E-state index contributed by atoms with van der Waals surface area (Å²) in [5.41, 5.74) is 14.9. The maximum atomic E-state index is 2.57. The molecule has 3 heterocycles. The molecule has 0 amide bonds. The molecule has 0 N–H and O–H groups in total. The Labute approximate surface area is 245 Å². The minimum Gasteiger partial charge on any atom is -0.318 e. The smallest absolute Gasteiger partial charge is 0.108 e. The van der Waals surface area contributed by atoms with Crippen LogP contribution in [0.25, 0.3) is 49.7 Å². The van der Waals surface area contributed by atoms with Crippen molar-refractivity contribution in [2.75, 3.05) is 9.80 Å². The van der Waals surface area contributed by atoms with Gasteiger partial charge in [0.25, 0.3) is 0 Å². The Bertz CT molecular complexity index is 2200. The second-order valence-corrected chi connectivity index (χ2v) is 11.4. The van der Waals surface area contributed by atoms with Crippen molar-refractivity contribution >= 4 is 44.6 Å². The minimum atomic E-state index is 0.0695. The Kier molecular flexibility index (Phi) is 4.80. The van der Waals surface area contributed by atoms with E-state index < -0.39 is 0 Å². The van der Waals surface area contributed by atoms with E-state index in [1.54, 1.807) is 0 Å². The van der Waals surface area contributed by atoms with Gasteiger partial charge in [0, 0.05) is 38.7 Å². The second-order valence-electron chi connectivity index (χ2n) is 11.4. The Balaban J connectivity index is 1.51. The van der Waals surface area contributed by atoms with Gasteiger partial charge in [0.05, 0.1) is 33.8 Å². The van der Waals surface area contributed by atoms with E-state index in [0.29, 0.717) is 0 Å². The molecular weight excluding hydrogens is 510 g/mol. The lowest BCUT2D eigenvalue weighted by Gasteiger charge is -2.33. The fourth-order valence-electron chi connectivity index (χ4n) is 7.48. The predicted molar refractivity (Wildman–Crippen MR) is 177 cm³/mol. The Morgan fingerprint density at radius 2 is 1.02 bits per heavy atom. The van der Waals surface area contributed by atoms with Crippen molar-refractivity contribution in [3.05, 3.63) is 139 Å². The molecule has 0 unspecified atom stereocenters. The highest BCUT2D eigenvalue weighted by molar-refractivity contribution is 6.16. The summed E-state index contributed by atoms with van der Waals surface area (Å²) in [5.74, 6) is 0. The van der Waals surface area contributed by atoms with Crippen LogP contribution in [0.2, 0.25) is 0 Å². The zero-order valence-corrected chi connectivity index (χ0v) is 23.6. The maximum absolute atomic E-state index is 2.57. The first kappa shape index (κ1) is 23.4. The third-order valence-corrected chi connectivity index (χ3v) is 9.22. The molecule has 0 fully saturated rings. The van der Waals surface area contributed by atoms with Gasteiger partial charge < -0.3 is 14.4 Å². The van der Waals surface area contributed by atoms with Crippen molar-refractivity contribution in [2.24, 2.45) is 0 Å². The summed E-state index contributed by atoms with van der Waals surface area (Å²) in [5, 5.41) is 2.55. The van der Waals surface area contributed by atoms with Gasteiger partial charge in [-0.15, -0.1) is 0 Å². The Morgan fingerprint density at radius 1 is 0.452 bits per heavy atom. The Morgan fingerprint density at radius 3 is 1.86 bits per heavy atom. The molecule has 0 spiro atoms. The minimum absolute atomic E-state index is 0.0695. The van der Waals surface area contributed by atoms with E-state index in [0.717, 1.165) is 0 Å². The molecule has 6 aromatic carbocycles. The van der Waals surface area contributed by atoms with Crippen molar-refractivity contribution in [3.8, 4) is 27.9 Å². The van der Waals surface area contributed by atoms with E-state index in [-0.39, 0.29) is 6.17 Å². The zero-order chi connectivity index (χ0) is 27.9. The number of rotatable bonds is 1. The lowest BCUT2D eigenvalue weighted by Crippen LogP contribution is -2.36. The summed E-state index contributed by atoms with van der Waals surface area (Å²) in [6, 6.07) is 49.1. The molecule has 2 aliphatic rings. The molecule has 42 heavy (non-hydrogen) atoms. The van der Waals surface area contributed by atoms with Gasteiger partial charge in [-0.1, -0.05) is 103 Å². The fraction of sp³-hybridized carbons (Fsp3) is 0.0769. The van der Waals surface area contributed by atoms with Crippen LogP contribution in [0.3, 0.4) is 0 Å². The van der Waals surface area contributed by atoms with Crippen molar-refractivity contribution in [2.45, 2.75) is 20.0 Å². The third kappa shape index (κ3) is 3.00. The summed E-state index contributed by atoms with van der Waals surface area (Å²) >= 11 is 0. The number of aryl methyl sites for hydroxylation is 1. The van der Waals surface area contributed by atoms with E-state index in [4.69, 9.17) is 0 Å². The van der Waals surface area contributed by atoms with Gasteiger partial charge in [-0.25, -0.2) is 0 Å². The summed E-state index contributed by atoms with van der Waals surface area (Å²) in [7, 11) is 0. The van der Waals surface area contributed by atoms with Gasteiger partial charge in [-0.3, -0.25) is 0 Å². The van der Waals surface area contributed by atoms with E-state index in [1.165, 1.54) is 78.1 Å². The van der Waals surface area contributed by atoms with Crippen LogP contribution in [0.4, 0.5) is 22.7 Å². The molecule has 1 aromatic heterocycles. The maximum Gasteiger partial charge on any atom is 0.108 e. The molecular formula is C39H29N3. The standard InChI is InChI=1S/C39H29N3/c1-25-13-3-7-20-33(25)40-26(2)41-34-21-8-4-14-27(34)28-15-5-9-22-35(28)42-36-23-10-6-16-29(36)30-17-11-18-31(38(30)42)32-19-12-24-37(40)39(32)41/h3-24,26H,1-2H3/t26-/m1/s1. The molecule has 9 rings (SSSR count). The average Bonchev–Trinajstić information content (AvgIpc) is 3.53. The van der Waals surface area contributed by atoms with Crippen molar-refractivity contribution in [1.29, 1.82) is 0 Å². The van der Waals surface area contributed by atoms with Crippen LogP contribution in [-0.4, -0.2) is 10.7 Å². The highest BCUT2D eigenvalue weighted by Crippen LogP contribution is 2.56. The van der Waals surface area contributed by atoms with E-state index in [2.05, 4.69) is 162 Å². The number of hydrogen-bond donors (Lipinski definition) is 0. The highest BCUT2D eigenvalue weighted by atomic mass is 15.4. The zero-order valence-electron chi connectivity index (χ0n) is 23.6. The summed E-state index contributed by atoms with van der Waals surface area (Å²) in [4.78, 5) is 5.09. The van der Waals surface area contributed by atoms with Crippen molar-refractivity contribution < 1.29 is 0 Å². The molecule has 0 aliphatic carbocycles. The topological polar surface area (TPSA) is 11.4 Å². The normalized spacial score (nSPS) is 15.0. The monoisotopic (exact) mass is 539 g/mol. The molecule has 7 aromatic rings. The molecule has 1 atom stereocenters. The summed E-state index contributed by atoms with van der Waals surface area (Å²) < 4.78 is 2.50. The predicted octanol–water partition coefficient (Wildman–Crippen LogP) is 10.4. The van der Waals surface area contributed by atoms with Crippen LogP contribution in [0.15, 0.2) is 133 Å². The van der Waals surface area contributed by atoms with Crippen molar-refractivity contribution in [1.82, 2.24) is 4.57 Å². The lowest BCUT2D eigenvalue weighted by molar-refractivity contribution is 0.760. The van der Waals surface area contributed by atoms with E-state index >= 15 is 0 Å². The summed E-state index contributed by atoms with van der Waals surface area (Å²) in [6.07, 6.45) is 0.0695. The first-order valence-corrected chi connectivity index (χ1v) is 14.7. The largest absolute Gasteiger partial charge is 0.318 e. The van der Waals surface area contributed by atoms with Crippen LogP contribution in [0.1, 0.15) is 12.5 Å². The Hall–Kier alpha value is -5.28. The van der Waals surface area contributed by atoms with Gasteiger partial charge in [0.1, 0.15) is 6.17 Å². The molecule has 2 aliphatic heterocycles. The number of fused-ring (bicyclic) bond motifs is 9. The van der Waals surface area contributed by atoms with Gasteiger partial charge in [-0.05, 0) is 49.7 Å². The van der Waals surface area contributed by atoms with Crippen LogP contribution in [0, 0.1) is 6.92 Å². The molecule has 3 nitrogen and oxygen atoms in total. The van der Waals surface area contributed by atoms with Gasteiger partial charge in [0.15, 0.2) is 0 Å². The SMILES string of the molecule is Cc1ccccc1N1c2cccc3c2N(c2ccccc2-c2ccccc2-n2c4ccccc4c4cccc-3c42)[C@@H]1C. The number of nitrogens with zero attached hydrogens (tertiary/aromatic N) is 3. The number of aromatic nitrogens is 1. The first-order chi connectivity index (χ1) is 20.7. The number of anilines is 4. The molecule has 0 bridgehead atoms. The average molecular weight is 540 g/mol. The summed E-state index contributed by atoms with van der Waals surface area (Å²) in [6.45, 7) is 4.55. The number of hydrogen-bond acceptors (Lipinski definition) is 2. The van der Waals surface area contributed by atoms with Crippen LogP contribution >= 0.6 is 0 Å². The molecule has 3 heteroatoms. The highest BCUT2D eigenvalue weighted by Gasteiger charge is 2.39. The molecule has 200 valence electrons. The van der Waals surface area contributed by atoms with Gasteiger partial charge >= 0.3 is 0 Å².